The van der Waals surface area contributed by atoms with Crippen molar-refractivity contribution in [2.75, 3.05) is 0 Å². The Kier molecular flexibility index (Phi) is 2.72. The van der Waals surface area contributed by atoms with E-state index in [0.717, 1.165) is 12.8 Å². The molecule has 0 atom stereocenters. The fourth-order valence-corrected chi connectivity index (χ4v) is 1.71. The molecule has 0 aliphatic heterocycles. The summed E-state index contributed by atoms with van der Waals surface area (Å²) in [4.78, 5) is 0. The molecule has 0 saturated heterocycles. The molecule has 0 aromatic rings. The van der Waals surface area contributed by atoms with Gasteiger partial charge in [-0.2, -0.15) is 0 Å². The van der Waals surface area contributed by atoms with Gasteiger partial charge in [-0.3, -0.25) is 0 Å². The van der Waals surface area contributed by atoms with Crippen LogP contribution in [0.2, 0.25) is 0 Å². The predicted molar refractivity (Wildman–Crippen MR) is 46.1 cm³/mol. The van der Waals surface area contributed by atoms with E-state index in [0.29, 0.717) is 10.6 Å². The highest BCUT2D eigenvalue weighted by molar-refractivity contribution is 6.30. The van der Waals surface area contributed by atoms with E-state index in [-0.39, 0.29) is 11.7 Å². The fraction of sp³-hybridized carbons (Fsp3) is 0.556. The van der Waals surface area contributed by atoms with Crippen LogP contribution >= 0.6 is 11.6 Å². The van der Waals surface area contributed by atoms with E-state index in [1.54, 1.807) is 6.08 Å². The van der Waals surface area contributed by atoms with Crippen LogP contribution in [0, 0.1) is 5.92 Å². The summed E-state index contributed by atoms with van der Waals surface area (Å²) in [5.41, 5.74) is 0.693. The van der Waals surface area contributed by atoms with Crippen molar-refractivity contribution >= 4 is 11.6 Å². The topological polar surface area (TPSA) is 0 Å². The Balaban J connectivity index is 2.94. The second-order valence-electron chi connectivity index (χ2n) is 3.06. The summed E-state index contributed by atoms with van der Waals surface area (Å²) < 4.78 is 13.1. The lowest BCUT2D eigenvalue weighted by atomic mass is 9.96. The van der Waals surface area contributed by atoms with E-state index >= 15 is 0 Å². The highest BCUT2D eigenvalue weighted by Gasteiger charge is 2.16. The van der Waals surface area contributed by atoms with E-state index in [4.69, 9.17) is 11.6 Å². The molecule has 0 amide bonds. The number of rotatable bonds is 1. The Morgan fingerprint density at radius 2 is 2.18 bits per heavy atom. The summed E-state index contributed by atoms with van der Waals surface area (Å²) in [6.07, 6.45) is 3.14. The number of hydrogen-bond acceptors (Lipinski definition) is 0. The SMILES string of the molecule is CC(C)C1=C(Cl)CCC=C1F. The third-order valence-electron chi connectivity index (χ3n) is 1.81. The van der Waals surface area contributed by atoms with Crippen LogP contribution in [0.15, 0.2) is 22.5 Å². The standard InChI is InChI=1S/C9H12ClF/c1-6(2)9-7(10)4-3-5-8(9)11/h5-6H,3-4H2,1-2H3. The van der Waals surface area contributed by atoms with Gasteiger partial charge in [0.1, 0.15) is 5.83 Å². The van der Waals surface area contributed by atoms with Crippen LogP contribution < -0.4 is 0 Å². The number of allylic oxidation sites excluding steroid dienone is 4. The largest absolute Gasteiger partial charge is 0.207 e. The van der Waals surface area contributed by atoms with E-state index in [1.165, 1.54) is 0 Å². The van der Waals surface area contributed by atoms with Gasteiger partial charge in [0.05, 0.1) is 0 Å². The average molecular weight is 175 g/mol. The molecule has 1 aliphatic rings. The molecule has 62 valence electrons. The molecule has 0 heterocycles. The number of hydrogen-bond donors (Lipinski definition) is 0. The first-order valence-corrected chi connectivity index (χ1v) is 4.25. The molecule has 11 heavy (non-hydrogen) atoms. The van der Waals surface area contributed by atoms with E-state index in [1.807, 2.05) is 13.8 Å². The van der Waals surface area contributed by atoms with Gasteiger partial charge in [0.15, 0.2) is 0 Å². The second kappa shape index (κ2) is 3.40. The van der Waals surface area contributed by atoms with Crippen LogP contribution in [-0.4, -0.2) is 0 Å². The molecule has 2 heteroatoms. The molecule has 0 nitrogen and oxygen atoms in total. The van der Waals surface area contributed by atoms with Gasteiger partial charge >= 0.3 is 0 Å². The molecule has 0 aromatic carbocycles. The Morgan fingerprint density at radius 3 is 2.55 bits per heavy atom. The van der Waals surface area contributed by atoms with Gasteiger partial charge in [-0.1, -0.05) is 25.4 Å². The maximum Gasteiger partial charge on any atom is 0.123 e. The molecule has 0 N–H and O–H groups in total. The zero-order chi connectivity index (χ0) is 8.43. The van der Waals surface area contributed by atoms with Gasteiger partial charge in [-0.25, -0.2) is 4.39 Å². The molecule has 0 radical (unpaired) electrons. The summed E-state index contributed by atoms with van der Waals surface area (Å²) >= 11 is 5.87. The second-order valence-corrected chi connectivity index (χ2v) is 3.52. The van der Waals surface area contributed by atoms with E-state index < -0.39 is 0 Å². The molecule has 0 spiro atoms. The van der Waals surface area contributed by atoms with Crippen molar-refractivity contribution in [1.82, 2.24) is 0 Å². The van der Waals surface area contributed by atoms with Gasteiger partial charge in [-0.05, 0) is 24.8 Å². The molecule has 0 saturated carbocycles. The molecule has 0 fully saturated rings. The van der Waals surface area contributed by atoms with Gasteiger partial charge in [0, 0.05) is 10.6 Å². The van der Waals surface area contributed by atoms with Crippen LogP contribution in [0.1, 0.15) is 26.7 Å². The van der Waals surface area contributed by atoms with Crippen LogP contribution in [-0.2, 0) is 0 Å². The fourth-order valence-electron chi connectivity index (χ4n) is 1.29. The van der Waals surface area contributed by atoms with E-state index in [9.17, 15) is 4.39 Å². The first-order valence-electron chi connectivity index (χ1n) is 3.87. The quantitative estimate of drug-likeness (QED) is 0.568. The van der Waals surface area contributed by atoms with Crippen LogP contribution in [0.25, 0.3) is 0 Å². The highest BCUT2D eigenvalue weighted by atomic mass is 35.5. The first kappa shape index (κ1) is 8.79. The minimum Gasteiger partial charge on any atom is -0.207 e. The minimum absolute atomic E-state index is 0.128. The third-order valence-corrected chi connectivity index (χ3v) is 2.21. The summed E-state index contributed by atoms with van der Waals surface area (Å²) in [5.74, 6) is 0.0651. The zero-order valence-electron chi connectivity index (χ0n) is 6.82. The molecule has 0 bridgehead atoms. The molecule has 1 aliphatic carbocycles. The smallest absolute Gasteiger partial charge is 0.123 e. The van der Waals surface area contributed by atoms with Gasteiger partial charge in [0.2, 0.25) is 0 Å². The Morgan fingerprint density at radius 1 is 1.55 bits per heavy atom. The Bertz CT molecular complexity index is 214. The Labute approximate surface area is 71.7 Å². The Hall–Kier alpha value is -0.300. The normalized spacial score (nSPS) is 19.2. The van der Waals surface area contributed by atoms with Crippen LogP contribution in [0.3, 0.4) is 0 Å². The van der Waals surface area contributed by atoms with Gasteiger partial charge < -0.3 is 0 Å². The van der Waals surface area contributed by atoms with Crippen molar-refractivity contribution in [3.8, 4) is 0 Å². The molecular formula is C9H12ClF. The minimum atomic E-state index is -0.128. The third kappa shape index (κ3) is 1.84. The maximum atomic E-state index is 13.1. The predicted octanol–water partition coefficient (Wildman–Crippen LogP) is 3.78. The summed E-state index contributed by atoms with van der Waals surface area (Å²) in [6, 6.07) is 0. The van der Waals surface area contributed by atoms with Crippen molar-refractivity contribution in [1.29, 1.82) is 0 Å². The highest BCUT2D eigenvalue weighted by Crippen LogP contribution is 2.33. The van der Waals surface area contributed by atoms with Crippen LogP contribution in [0.4, 0.5) is 4.39 Å². The maximum absolute atomic E-state index is 13.1. The molecule has 0 aromatic heterocycles. The van der Waals surface area contributed by atoms with Crippen LogP contribution in [0.5, 0.6) is 0 Å². The zero-order valence-corrected chi connectivity index (χ0v) is 7.58. The first-order chi connectivity index (χ1) is 5.13. The molecule has 1 rings (SSSR count). The van der Waals surface area contributed by atoms with Gasteiger partial charge in [-0.15, -0.1) is 0 Å². The lowest BCUT2D eigenvalue weighted by Crippen LogP contribution is -2.01. The van der Waals surface area contributed by atoms with Crippen molar-refractivity contribution in [2.45, 2.75) is 26.7 Å². The van der Waals surface area contributed by atoms with E-state index in [2.05, 4.69) is 0 Å². The van der Waals surface area contributed by atoms with Crippen molar-refractivity contribution < 1.29 is 4.39 Å². The summed E-state index contributed by atoms with van der Waals surface area (Å²) in [5, 5.41) is 0.694. The monoisotopic (exact) mass is 174 g/mol. The van der Waals surface area contributed by atoms with Crippen molar-refractivity contribution in [3.05, 3.63) is 22.5 Å². The molecular weight excluding hydrogens is 163 g/mol. The summed E-state index contributed by atoms with van der Waals surface area (Å²) in [6.45, 7) is 3.91. The van der Waals surface area contributed by atoms with Crippen molar-refractivity contribution in [3.63, 3.8) is 0 Å². The average Bonchev–Trinajstić information content (AvgIpc) is 1.85. The lowest BCUT2D eigenvalue weighted by molar-refractivity contribution is 0.589. The summed E-state index contributed by atoms with van der Waals surface area (Å²) in [7, 11) is 0. The number of halogens is 2. The molecule has 0 unspecified atom stereocenters. The van der Waals surface area contributed by atoms with Crippen molar-refractivity contribution in [2.24, 2.45) is 5.92 Å². The van der Waals surface area contributed by atoms with Gasteiger partial charge in [0.25, 0.3) is 0 Å². The lowest BCUT2D eigenvalue weighted by Gasteiger charge is -2.15.